The quantitative estimate of drug-likeness (QED) is 0.748. The zero-order chi connectivity index (χ0) is 12.9. The Morgan fingerprint density at radius 1 is 1.24 bits per heavy atom. The van der Waals surface area contributed by atoms with Crippen LogP contribution in [-0.4, -0.2) is 31.8 Å². The van der Waals surface area contributed by atoms with Gasteiger partial charge >= 0.3 is 0 Å². The Hall–Kier alpha value is -0.520. The topological polar surface area (TPSA) is 37.4 Å². The SMILES string of the molecule is CCCS(=O)(=O)N(C)Cc1ccc(SC)cc1. The van der Waals surface area contributed by atoms with Crippen LogP contribution in [0.15, 0.2) is 29.2 Å². The maximum Gasteiger partial charge on any atom is 0.214 e. The van der Waals surface area contributed by atoms with E-state index in [2.05, 4.69) is 0 Å². The molecular formula is C12H19NO2S2. The van der Waals surface area contributed by atoms with Crippen LogP contribution >= 0.6 is 11.8 Å². The van der Waals surface area contributed by atoms with Gasteiger partial charge in [-0.2, -0.15) is 0 Å². The van der Waals surface area contributed by atoms with Crippen LogP contribution in [0.4, 0.5) is 0 Å². The van der Waals surface area contributed by atoms with Crippen LogP contribution in [0.25, 0.3) is 0 Å². The molecule has 3 nitrogen and oxygen atoms in total. The molecule has 1 aromatic carbocycles. The van der Waals surface area contributed by atoms with Crippen molar-refractivity contribution in [1.29, 1.82) is 0 Å². The van der Waals surface area contributed by atoms with Crippen molar-refractivity contribution in [3.05, 3.63) is 29.8 Å². The molecule has 0 saturated heterocycles. The van der Waals surface area contributed by atoms with Gasteiger partial charge in [0.2, 0.25) is 10.0 Å². The molecule has 0 saturated carbocycles. The first kappa shape index (κ1) is 14.5. The molecule has 0 aliphatic heterocycles. The van der Waals surface area contributed by atoms with Gasteiger partial charge < -0.3 is 0 Å². The van der Waals surface area contributed by atoms with Crippen LogP contribution in [0.2, 0.25) is 0 Å². The number of hydrogen-bond acceptors (Lipinski definition) is 3. The number of thioether (sulfide) groups is 1. The van der Waals surface area contributed by atoms with E-state index >= 15 is 0 Å². The molecule has 0 bridgehead atoms. The second kappa shape index (κ2) is 6.42. The average molecular weight is 273 g/mol. The number of nitrogens with zero attached hydrogens (tertiary/aromatic N) is 1. The highest BCUT2D eigenvalue weighted by molar-refractivity contribution is 7.98. The molecule has 0 aliphatic rings. The summed E-state index contributed by atoms with van der Waals surface area (Å²) in [6.07, 6.45) is 2.67. The molecular weight excluding hydrogens is 254 g/mol. The Kier molecular flexibility index (Phi) is 5.49. The summed E-state index contributed by atoms with van der Waals surface area (Å²) in [5, 5.41) is 0. The van der Waals surface area contributed by atoms with Gasteiger partial charge in [0.05, 0.1) is 5.75 Å². The molecule has 0 radical (unpaired) electrons. The molecule has 0 N–H and O–H groups in total. The van der Waals surface area contributed by atoms with Gasteiger partial charge in [0.15, 0.2) is 0 Å². The van der Waals surface area contributed by atoms with Gasteiger partial charge in [-0.05, 0) is 30.4 Å². The van der Waals surface area contributed by atoms with Gasteiger partial charge in [-0.1, -0.05) is 19.1 Å². The van der Waals surface area contributed by atoms with Crippen molar-refractivity contribution in [2.75, 3.05) is 19.1 Å². The van der Waals surface area contributed by atoms with E-state index in [-0.39, 0.29) is 5.75 Å². The molecule has 96 valence electrons. The minimum atomic E-state index is -3.10. The van der Waals surface area contributed by atoms with Gasteiger partial charge in [0.25, 0.3) is 0 Å². The molecule has 0 fully saturated rings. The highest BCUT2D eigenvalue weighted by Crippen LogP contribution is 2.16. The summed E-state index contributed by atoms with van der Waals surface area (Å²) in [6, 6.07) is 7.98. The van der Waals surface area contributed by atoms with E-state index in [9.17, 15) is 8.42 Å². The van der Waals surface area contributed by atoms with Gasteiger partial charge in [-0.15, -0.1) is 11.8 Å². The van der Waals surface area contributed by atoms with E-state index in [4.69, 9.17) is 0 Å². The van der Waals surface area contributed by atoms with E-state index in [1.165, 1.54) is 9.20 Å². The van der Waals surface area contributed by atoms with Gasteiger partial charge in [0.1, 0.15) is 0 Å². The molecule has 17 heavy (non-hydrogen) atoms. The standard InChI is InChI=1S/C12H19NO2S2/c1-4-9-17(14,15)13(2)10-11-5-7-12(16-3)8-6-11/h5-8H,4,9-10H2,1-3H3. The highest BCUT2D eigenvalue weighted by atomic mass is 32.2. The zero-order valence-corrected chi connectivity index (χ0v) is 12.1. The minimum absolute atomic E-state index is 0.215. The van der Waals surface area contributed by atoms with Crippen molar-refractivity contribution < 1.29 is 8.42 Å². The maximum absolute atomic E-state index is 11.8. The molecule has 0 unspecified atom stereocenters. The molecule has 1 aromatic rings. The molecule has 0 atom stereocenters. The Bertz CT molecular complexity index is 440. The Balaban J connectivity index is 2.70. The van der Waals surface area contributed by atoms with E-state index in [0.717, 1.165) is 5.56 Å². The average Bonchev–Trinajstić information content (AvgIpc) is 2.30. The first-order valence-electron chi connectivity index (χ1n) is 5.56. The zero-order valence-electron chi connectivity index (χ0n) is 10.5. The van der Waals surface area contributed by atoms with E-state index < -0.39 is 10.0 Å². The lowest BCUT2D eigenvalue weighted by molar-refractivity contribution is 0.466. The van der Waals surface area contributed by atoms with Crippen molar-refractivity contribution in [1.82, 2.24) is 4.31 Å². The third kappa shape index (κ3) is 4.33. The fraction of sp³-hybridized carbons (Fsp3) is 0.500. The summed E-state index contributed by atoms with van der Waals surface area (Å²) in [6.45, 7) is 2.32. The molecule has 0 spiro atoms. The lowest BCUT2D eigenvalue weighted by atomic mass is 10.2. The number of hydrogen-bond donors (Lipinski definition) is 0. The predicted molar refractivity (Wildman–Crippen MR) is 73.8 cm³/mol. The molecule has 0 aromatic heterocycles. The summed E-state index contributed by atoms with van der Waals surface area (Å²) in [7, 11) is -1.46. The lowest BCUT2D eigenvalue weighted by Crippen LogP contribution is -2.28. The summed E-state index contributed by atoms with van der Waals surface area (Å²) < 4.78 is 25.0. The Morgan fingerprint density at radius 3 is 2.29 bits per heavy atom. The van der Waals surface area contributed by atoms with E-state index in [1.807, 2.05) is 37.4 Å². The van der Waals surface area contributed by atoms with Gasteiger partial charge in [-0.25, -0.2) is 12.7 Å². The largest absolute Gasteiger partial charge is 0.214 e. The fourth-order valence-corrected chi connectivity index (χ4v) is 3.08. The molecule has 5 heteroatoms. The third-order valence-electron chi connectivity index (χ3n) is 2.50. The Morgan fingerprint density at radius 2 is 1.82 bits per heavy atom. The molecule has 1 rings (SSSR count). The van der Waals surface area contributed by atoms with Gasteiger partial charge in [0, 0.05) is 18.5 Å². The normalized spacial score (nSPS) is 12.0. The van der Waals surface area contributed by atoms with Crippen molar-refractivity contribution in [3.8, 4) is 0 Å². The number of sulfonamides is 1. The Labute approximate surface area is 108 Å². The number of rotatable bonds is 6. The van der Waals surface area contributed by atoms with Crippen LogP contribution < -0.4 is 0 Å². The first-order chi connectivity index (χ1) is 7.99. The van der Waals surface area contributed by atoms with Crippen molar-refractivity contribution in [2.24, 2.45) is 0 Å². The smallest absolute Gasteiger partial charge is 0.212 e. The summed E-state index contributed by atoms with van der Waals surface area (Å²) >= 11 is 1.68. The first-order valence-corrected chi connectivity index (χ1v) is 8.40. The molecule has 0 heterocycles. The van der Waals surface area contributed by atoms with Crippen LogP contribution in [-0.2, 0) is 16.6 Å². The van der Waals surface area contributed by atoms with E-state index in [0.29, 0.717) is 13.0 Å². The third-order valence-corrected chi connectivity index (χ3v) is 5.25. The summed E-state index contributed by atoms with van der Waals surface area (Å²) in [4.78, 5) is 1.19. The van der Waals surface area contributed by atoms with E-state index in [1.54, 1.807) is 18.8 Å². The van der Waals surface area contributed by atoms with Crippen LogP contribution in [0.5, 0.6) is 0 Å². The van der Waals surface area contributed by atoms with Crippen LogP contribution in [0.1, 0.15) is 18.9 Å². The second-order valence-electron chi connectivity index (χ2n) is 3.92. The van der Waals surface area contributed by atoms with Gasteiger partial charge in [-0.3, -0.25) is 0 Å². The molecule has 0 amide bonds. The highest BCUT2D eigenvalue weighted by Gasteiger charge is 2.16. The van der Waals surface area contributed by atoms with Crippen molar-refractivity contribution >= 4 is 21.8 Å². The predicted octanol–water partition coefficient (Wildman–Crippen LogP) is 2.58. The number of benzene rings is 1. The summed E-state index contributed by atoms with van der Waals surface area (Å²) in [5.74, 6) is 0.215. The summed E-state index contributed by atoms with van der Waals surface area (Å²) in [5.41, 5.74) is 1.02. The second-order valence-corrected chi connectivity index (χ2v) is 7.00. The fourth-order valence-electron chi connectivity index (χ4n) is 1.50. The van der Waals surface area contributed by atoms with Crippen molar-refractivity contribution in [2.45, 2.75) is 24.8 Å². The lowest BCUT2D eigenvalue weighted by Gasteiger charge is -2.16. The molecule has 0 aliphatic carbocycles. The monoisotopic (exact) mass is 273 g/mol. The minimum Gasteiger partial charge on any atom is -0.212 e. The maximum atomic E-state index is 11.8. The van der Waals surface area contributed by atoms with Crippen LogP contribution in [0, 0.1) is 0 Å². The van der Waals surface area contributed by atoms with Crippen LogP contribution in [0.3, 0.4) is 0 Å². The van der Waals surface area contributed by atoms with Crippen molar-refractivity contribution in [3.63, 3.8) is 0 Å².